The van der Waals surface area contributed by atoms with E-state index >= 15 is 0 Å². The maximum atomic E-state index is 14.4. The summed E-state index contributed by atoms with van der Waals surface area (Å²) in [6.07, 6.45) is 9.76. The predicted octanol–water partition coefficient (Wildman–Crippen LogP) is 3.66. The first-order valence-corrected chi connectivity index (χ1v) is 19.7. The van der Waals surface area contributed by atoms with Crippen molar-refractivity contribution in [2.24, 2.45) is 38.8 Å². The highest BCUT2D eigenvalue weighted by molar-refractivity contribution is 6.01. The van der Waals surface area contributed by atoms with Crippen LogP contribution in [0.25, 0.3) is 10.8 Å². The van der Waals surface area contributed by atoms with Crippen LogP contribution in [0, 0.1) is 5.92 Å². The molecule has 54 heavy (non-hydrogen) atoms. The van der Waals surface area contributed by atoms with Gasteiger partial charge in [0.1, 0.15) is 12.6 Å². The van der Waals surface area contributed by atoms with Crippen LogP contribution in [0.5, 0.6) is 0 Å². The van der Waals surface area contributed by atoms with Gasteiger partial charge in [0.25, 0.3) is 5.91 Å². The van der Waals surface area contributed by atoms with Crippen molar-refractivity contribution in [3.8, 4) is 0 Å². The van der Waals surface area contributed by atoms with Gasteiger partial charge in [0.2, 0.25) is 17.7 Å². The van der Waals surface area contributed by atoms with E-state index in [0.717, 1.165) is 62.1 Å². The Bertz CT molecular complexity index is 1500. The van der Waals surface area contributed by atoms with Crippen LogP contribution in [0.15, 0.2) is 52.4 Å². The number of benzene rings is 2. The average molecular weight is 751 g/mol. The fourth-order valence-electron chi connectivity index (χ4n) is 6.22. The number of carbonyl (C=O) groups excluding carboxylic acids is 4. The fraction of sp³-hybridized carbons (Fsp3) is 0.600. The largest absolute Gasteiger partial charge is 0.370 e. The summed E-state index contributed by atoms with van der Waals surface area (Å²) in [5.41, 5.74) is 22.0. The summed E-state index contributed by atoms with van der Waals surface area (Å²) in [6.45, 7) is 7.68. The van der Waals surface area contributed by atoms with E-state index in [0.29, 0.717) is 57.4 Å². The van der Waals surface area contributed by atoms with E-state index in [1.807, 2.05) is 50.2 Å². The molecular formula is C40H66N10O4. The van der Waals surface area contributed by atoms with E-state index in [4.69, 9.17) is 22.9 Å². The number of aliphatic imine (C=N–C) groups is 2. The Labute approximate surface area is 321 Å². The van der Waals surface area contributed by atoms with Crippen LogP contribution in [0.4, 0.5) is 0 Å². The Balaban J connectivity index is 2.29. The molecule has 4 amide bonds. The van der Waals surface area contributed by atoms with Gasteiger partial charge in [-0.15, -0.1) is 0 Å². The SMILES string of the molecule is CCCCCCC[C@H](CC(=O)NCCCCCN=C(N)N)N(CC(=O)N[C@@H](CC(C)C)C(=O)NCCCCN=C(N)N)C(=O)c1ccc2ccccc2c1. The number of rotatable bonds is 27. The molecule has 11 N–H and O–H groups in total. The lowest BCUT2D eigenvalue weighted by molar-refractivity contribution is -0.130. The molecule has 2 atom stereocenters. The zero-order valence-electron chi connectivity index (χ0n) is 32.8. The van der Waals surface area contributed by atoms with E-state index in [2.05, 4.69) is 32.9 Å². The molecule has 0 unspecified atom stereocenters. The van der Waals surface area contributed by atoms with Crippen LogP contribution < -0.4 is 38.9 Å². The first kappa shape index (κ1) is 45.3. The average Bonchev–Trinajstić information content (AvgIpc) is 3.13. The Morgan fingerprint density at radius 1 is 0.722 bits per heavy atom. The first-order chi connectivity index (χ1) is 25.9. The minimum Gasteiger partial charge on any atom is -0.370 e. The van der Waals surface area contributed by atoms with Crippen LogP contribution in [0.1, 0.15) is 115 Å². The minimum atomic E-state index is -0.796. The summed E-state index contributed by atoms with van der Waals surface area (Å²) >= 11 is 0. The number of nitrogens with zero attached hydrogens (tertiary/aromatic N) is 3. The molecule has 14 nitrogen and oxygen atoms in total. The van der Waals surface area contributed by atoms with Crippen molar-refractivity contribution >= 4 is 46.3 Å². The Hall–Kier alpha value is -4.88. The van der Waals surface area contributed by atoms with Gasteiger partial charge in [0.05, 0.1) is 0 Å². The van der Waals surface area contributed by atoms with Crippen LogP contribution in [0.3, 0.4) is 0 Å². The van der Waals surface area contributed by atoms with Gasteiger partial charge >= 0.3 is 0 Å². The zero-order valence-corrected chi connectivity index (χ0v) is 32.8. The van der Waals surface area contributed by atoms with Crippen LogP contribution >= 0.6 is 0 Å². The van der Waals surface area contributed by atoms with Crippen molar-refractivity contribution in [2.75, 3.05) is 32.7 Å². The van der Waals surface area contributed by atoms with Gasteiger partial charge in [-0.3, -0.25) is 29.2 Å². The topological polar surface area (TPSA) is 236 Å². The molecule has 0 saturated heterocycles. The molecule has 0 spiro atoms. The van der Waals surface area contributed by atoms with Crippen molar-refractivity contribution in [1.82, 2.24) is 20.9 Å². The molecule has 2 rings (SSSR count). The number of amides is 4. The highest BCUT2D eigenvalue weighted by atomic mass is 16.2. The predicted molar refractivity (Wildman–Crippen MR) is 219 cm³/mol. The van der Waals surface area contributed by atoms with Gasteiger partial charge in [-0.25, -0.2) is 0 Å². The Kier molecular flexibility index (Phi) is 21.8. The maximum absolute atomic E-state index is 14.4. The van der Waals surface area contributed by atoms with Gasteiger partial charge < -0.3 is 43.8 Å². The van der Waals surface area contributed by atoms with Crippen LogP contribution in [-0.4, -0.2) is 85.3 Å². The van der Waals surface area contributed by atoms with Gasteiger partial charge in [0.15, 0.2) is 11.9 Å². The van der Waals surface area contributed by atoms with Gasteiger partial charge in [-0.1, -0.05) is 83.2 Å². The molecule has 14 heteroatoms. The molecule has 0 bridgehead atoms. The summed E-state index contributed by atoms with van der Waals surface area (Å²) in [6, 6.07) is 11.9. The summed E-state index contributed by atoms with van der Waals surface area (Å²) in [5, 5.41) is 10.7. The highest BCUT2D eigenvalue weighted by Crippen LogP contribution is 2.22. The van der Waals surface area contributed by atoms with Crippen molar-refractivity contribution in [2.45, 2.75) is 116 Å². The third-order valence-corrected chi connectivity index (χ3v) is 9.06. The molecule has 2 aromatic rings. The number of fused-ring (bicyclic) bond motifs is 1. The Morgan fingerprint density at radius 3 is 2.00 bits per heavy atom. The number of guanidine groups is 2. The summed E-state index contributed by atoms with van der Waals surface area (Å²) in [4.78, 5) is 64.5. The minimum absolute atomic E-state index is 0.0264. The summed E-state index contributed by atoms with van der Waals surface area (Å²) in [7, 11) is 0. The van der Waals surface area contributed by atoms with E-state index in [1.54, 1.807) is 6.07 Å². The molecule has 300 valence electrons. The molecule has 0 saturated carbocycles. The van der Waals surface area contributed by atoms with E-state index in [-0.39, 0.29) is 48.5 Å². The highest BCUT2D eigenvalue weighted by Gasteiger charge is 2.30. The second kappa shape index (κ2) is 26.0. The molecule has 2 aromatic carbocycles. The first-order valence-electron chi connectivity index (χ1n) is 19.7. The second-order valence-electron chi connectivity index (χ2n) is 14.3. The number of nitrogens with two attached hydrogens (primary N) is 4. The number of hydrogen-bond donors (Lipinski definition) is 7. The standard InChI is InChI=1S/C40H66N10O4/c1-4-5-6-7-9-18-33(27-35(51)45-21-12-8-13-23-47-39(41)42)50(38(54)32-20-19-30-16-10-11-17-31(30)26-32)28-36(52)49-34(25-29(2)3)37(53)46-22-14-15-24-48-40(43)44/h10-11,16-17,19-20,26,29,33-34H,4-9,12-15,18,21-25,27-28H2,1-3H3,(H,45,51)(H,46,53)(H,49,52)(H4,41,42,47)(H4,43,44,48)/t33-,34+/m1/s1. The molecular weight excluding hydrogens is 685 g/mol. The van der Waals surface area contributed by atoms with Crippen LogP contribution in [0.2, 0.25) is 0 Å². The lowest BCUT2D eigenvalue weighted by Gasteiger charge is -2.32. The third-order valence-electron chi connectivity index (χ3n) is 9.06. The normalized spacial score (nSPS) is 12.1. The maximum Gasteiger partial charge on any atom is 0.254 e. The lowest BCUT2D eigenvalue weighted by atomic mass is 9.99. The molecule has 0 fully saturated rings. The summed E-state index contributed by atoms with van der Waals surface area (Å²) in [5.74, 6) is -1.08. The van der Waals surface area contributed by atoms with E-state index in [1.165, 1.54) is 4.90 Å². The zero-order chi connectivity index (χ0) is 39.7. The number of hydrogen-bond acceptors (Lipinski definition) is 6. The lowest BCUT2D eigenvalue weighted by Crippen LogP contribution is -2.53. The monoisotopic (exact) mass is 751 g/mol. The summed E-state index contributed by atoms with van der Waals surface area (Å²) < 4.78 is 0. The number of carbonyl (C=O) groups is 4. The van der Waals surface area contributed by atoms with Crippen LogP contribution in [-0.2, 0) is 14.4 Å². The van der Waals surface area contributed by atoms with Gasteiger partial charge in [0, 0.05) is 44.2 Å². The van der Waals surface area contributed by atoms with Gasteiger partial charge in [-0.2, -0.15) is 0 Å². The van der Waals surface area contributed by atoms with E-state index < -0.39 is 18.0 Å². The van der Waals surface area contributed by atoms with Crippen molar-refractivity contribution in [3.05, 3.63) is 48.0 Å². The third kappa shape index (κ3) is 18.7. The number of nitrogens with one attached hydrogen (secondary N) is 3. The quantitative estimate of drug-likeness (QED) is 0.0403. The fourth-order valence-corrected chi connectivity index (χ4v) is 6.22. The molecule has 0 radical (unpaired) electrons. The van der Waals surface area contributed by atoms with Crippen molar-refractivity contribution < 1.29 is 19.2 Å². The Morgan fingerprint density at radius 2 is 1.33 bits per heavy atom. The molecule has 0 aliphatic heterocycles. The molecule has 0 aliphatic carbocycles. The smallest absolute Gasteiger partial charge is 0.254 e. The molecule has 0 aliphatic rings. The van der Waals surface area contributed by atoms with Crippen molar-refractivity contribution in [1.29, 1.82) is 0 Å². The van der Waals surface area contributed by atoms with E-state index in [9.17, 15) is 19.2 Å². The van der Waals surface area contributed by atoms with Gasteiger partial charge in [-0.05, 0) is 73.8 Å². The molecule has 0 heterocycles. The molecule has 0 aromatic heterocycles. The van der Waals surface area contributed by atoms with Crippen molar-refractivity contribution in [3.63, 3.8) is 0 Å². The second-order valence-corrected chi connectivity index (χ2v) is 14.3. The number of unbranched alkanes of at least 4 members (excludes halogenated alkanes) is 7.